The van der Waals surface area contributed by atoms with E-state index in [0.717, 1.165) is 31.0 Å². The first-order chi connectivity index (χ1) is 20.9. The van der Waals surface area contributed by atoms with E-state index in [4.69, 9.17) is 14.2 Å². The van der Waals surface area contributed by atoms with Gasteiger partial charge in [-0.25, -0.2) is 9.37 Å². The maximum Gasteiger partial charge on any atom is 0.424 e. The van der Waals surface area contributed by atoms with Crippen LogP contribution >= 0.6 is 0 Å². The Kier molecular flexibility index (Phi) is 7.19. The predicted octanol–water partition coefficient (Wildman–Crippen LogP) is 4.36. The van der Waals surface area contributed by atoms with Gasteiger partial charge in [0.15, 0.2) is 17.2 Å². The fourth-order valence-electron chi connectivity index (χ4n) is 4.97. The molecule has 10 nitrogen and oxygen atoms in total. The molecule has 3 heterocycles. The average Bonchev–Trinajstić information content (AvgIpc) is 3.50. The van der Waals surface area contributed by atoms with Crippen molar-refractivity contribution >= 4 is 5.91 Å². The third-order valence-electron chi connectivity index (χ3n) is 7.80. The summed E-state index contributed by atoms with van der Waals surface area (Å²) in [5.41, 5.74) is -5.04. The summed E-state index contributed by atoms with van der Waals surface area (Å²) in [6, 6.07) is 10.3. The first-order valence-corrected chi connectivity index (χ1v) is 13.6. The van der Waals surface area contributed by atoms with Gasteiger partial charge in [0.2, 0.25) is 5.60 Å². The molecule has 44 heavy (non-hydrogen) atoms. The van der Waals surface area contributed by atoms with Crippen molar-refractivity contribution in [3.8, 4) is 28.5 Å². The van der Waals surface area contributed by atoms with Gasteiger partial charge in [0.1, 0.15) is 36.3 Å². The number of rotatable bonds is 9. The number of carbonyl (C=O) groups excluding carboxylic acids is 1. The minimum atomic E-state index is -5.28. The van der Waals surface area contributed by atoms with Gasteiger partial charge in [0, 0.05) is 16.7 Å². The van der Waals surface area contributed by atoms with Gasteiger partial charge in [-0.1, -0.05) is 0 Å². The zero-order valence-corrected chi connectivity index (χ0v) is 23.6. The van der Waals surface area contributed by atoms with Crippen LogP contribution in [-0.4, -0.2) is 63.3 Å². The average molecular weight is 614 g/mol. The van der Waals surface area contributed by atoms with E-state index in [1.54, 1.807) is 11.5 Å². The number of ether oxygens (including phenoxy) is 3. The predicted molar refractivity (Wildman–Crippen MR) is 147 cm³/mol. The lowest BCUT2D eigenvalue weighted by Crippen LogP contribution is -2.51. The number of nitrogens with one attached hydrogen (secondary N) is 1. The highest BCUT2D eigenvalue weighted by Crippen LogP contribution is 2.48. The fourth-order valence-corrected chi connectivity index (χ4v) is 4.97. The molecule has 2 aromatic carbocycles. The second-order valence-corrected chi connectivity index (χ2v) is 10.9. The molecule has 230 valence electrons. The van der Waals surface area contributed by atoms with Crippen LogP contribution in [0.15, 0.2) is 61.2 Å². The summed E-state index contributed by atoms with van der Waals surface area (Å²) in [6.45, 7) is 0.429. The Morgan fingerprint density at radius 1 is 1.11 bits per heavy atom. The second-order valence-electron chi connectivity index (χ2n) is 10.9. The molecule has 1 saturated carbocycles. The third kappa shape index (κ3) is 5.19. The molecule has 0 bridgehead atoms. The van der Waals surface area contributed by atoms with E-state index in [1.165, 1.54) is 50.1 Å². The number of aliphatic hydroxyl groups is 1. The molecule has 1 unspecified atom stereocenters. The highest BCUT2D eigenvalue weighted by molar-refractivity contribution is 5.95. The number of hydrogen-bond donors (Lipinski definition) is 2. The maximum atomic E-state index is 14.8. The molecule has 0 spiro atoms. The van der Waals surface area contributed by atoms with Crippen molar-refractivity contribution in [1.29, 1.82) is 0 Å². The van der Waals surface area contributed by atoms with Crippen LogP contribution in [0.25, 0.3) is 11.3 Å². The standard InChI is InChI=1S/C30H27F4N5O5/c1-28(39-15-36-37-16-39)14-43-26-21(28)12-24(38-25(26)17-3-6-19(31)7-4-17)29(41,30(32,33)34)13-35-27(40)18-5-10-22(23(11-18)42-2)44-20-8-9-20/h3-7,10-12,15-16,20,41H,8-9,13-14H2,1-2H3,(H,35,40)/t28-,29?/m0/s1. The van der Waals surface area contributed by atoms with Gasteiger partial charge in [0.05, 0.1) is 25.5 Å². The first-order valence-electron chi connectivity index (χ1n) is 13.6. The van der Waals surface area contributed by atoms with Crippen molar-refractivity contribution in [2.45, 2.75) is 43.2 Å². The minimum absolute atomic E-state index is 0.00276. The minimum Gasteiger partial charge on any atom is -0.493 e. The molecule has 2 atom stereocenters. The summed E-state index contributed by atoms with van der Waals surface area (Å²) >= 11 is 0. The van der Waals surface area contributed by atoms with E-state index in [2.05, 4.69) is 20.5 Å². The van der Waals surface area contributed by atoms with Gasteiger partial charge in [-0.2, -0.15) is 13.2 Å². The van der Waals surface area contributed by atoms with Crippen LogP contribution in [-0.2, 0) is 11.1 Å². The number of carbonyl (C=O) groups is 1. The molecule has 1 aliphatic heterocycles. The largest absolute Gasteiger partial charge is 0.493 e. The molecule has 2 N–H and O–H groups in total. The van der Waals surface area contributed by atoms with Crippen molar-refractivity contribution in [2.75, 3.05) is 20.3 Å². The van der Waals surface area contributed by atoms with Crippen molar-refractivity contribution in [1.82, 2.24) is 25.1 Å². The summed E-state index contributed by atoms with van der Waals surface area (Å²) in [7, 11) is 1.38. The summed E-state index contributed by atoms with van der Waals surface area (Å²) in [6.07, 6.45) is -0.657. The van der Waals surface area contributed by atoms with Crippen LogP contribution < -0.4 is 19.5 Å². The van der Waals surface area contributed by atoms with Crippen LogP contribution in [0.3, 0.4) is 0 Å². The lowest BCUT2D eigenvalue weighted by molar-refractivity contribution is -0.265. The second kappa shape index (κ2) is 10.8. The number of pyridine rings is 1. The van der Waals surface area contributed by atoms with Crippen LogP contribution in [0.5, 0.6) is 17.2 Å². The first kappa shape index (κ1) is 29.4. The number of benzene rings is 2. The van der Waals surface area contributed by atoms with E-state index in [9.17, 15) is 27.5 Å². The van der Waals surface area contributed by atoms with Crippen molar-refractivity contribution in [3.05, 3.63) is 83.8 Å². The Bertz CT molecular complexity index is 1700. The molecular formula is C30H27F4N5O5. The van der Waals surface area contributed by atoms with Gasteiger partial charge >= 0.3 is 6.18 Å². The van der Waals surface area contributed by atoms with E-state index >= 15 is 0 Å². The SMILES string of the molecule is COc1cc(C(=O)NCC(O)(c2cc3c(c(-c4ccc(F)cc4)n2)OC[C@]3(C)n2cnnc2)C(F)(F)F)ccc1OC1CC1. The Morgan fingerprint density at radius 3 is 2.45 bits per heavy atom. The number of methoxy groups -OCH3 is 1. The van der Waals surface area contributed by atoms with E-state index in [-0.39, 0.29) is 46.6 Å². The molecule has 2 aromatic heterocycles. The van der Waals surface area contributed by atoms with Crippen LogP contribution in [0.2, 0.25) is 0 Å². The van der Waals surface area contributed by atoms with Crippen molar-refractivity contribution < 1.29 is 41.7 Å². The van der Waals surface area contributed by atoms with Gasteiger partial charge in [0.25, 0.3) is 5.91 Å². The van der Waals surface area contributed by atoms with Gasteiger partial charge in [-0.15, -0.1) is 10.2 Å². The van der Waals surface area contributed by atoms with Crippen molar-refractivity contribution in [2.24, 2.45) is 0 Å². The van der Waals surface area contributed by atoms with E-state index in [1.807, 2.05) is 0 Å². The summed E-state index contributed by atoms with van der Waals surface area (Å²) in [4.78, 5) is 17.3. The van der Waals surface area contributed by atoms with Crippen molar-refractivity contribution in [3.63, 3.8) is 0 Å². The molecule has 0 radical (unpaired) electrons. The fraction of sp³-hybridized carbons (Fsp3) is 0.333. The zero-order valence-electron chi connectivity index (χ0n) is 23.6. The molecule has 1 fully saturated rings. The quantitative estimate of drug-likeness (QED) is 0.267. The number of amides is 1. The number of aromatic nitrogens is 4. The molecule has 14 heteroatoms. The number of hydrogen-bond acceptors (Lipinski definition) is 8. The molecular weight excluding hydrogens is 586 g/mol. The number of nitrogens with zero attached hydrogens (tertiary/aromatic N) is 4. The van der Waals surface area contributed by atoms with Gasteiger partial charge in [-0.05, 0) is 68.3 Å². The van der Waals surface area contributed by atoms with E-state index < -0.39 is 41.3 Å². The van der Waals surface area contributed by atoms with Crippen LogP contribution in [0, 0.1) is 5.82 Å². The molecule has 6 rings (SSSR count). The number of alkyl halides is 3. The third-order valence-corrected chi connectivity index (χ3v) is 7.80. The Balaban J connectivity index is 1.39. The summed E-state index contributed by atoms with van der Waals surface area (Å²) < 4.78 is 76.6. The molecule has 2 aliphatic rings. The molecule has 1 aliphatic carbocycles. The normalized spacial score (nSPS) is 19.1. The Labute approximate surface area is 248 Å². The Hall–Kier alpha value is -4.72. The maximum absolute atomic E-state index is 14.8. The van der Waals surface area contributed by atoms with E-state index in [0.29, 0.717) is 5.75 Å². The molecule has 4 aromatic rings. The number of fused-ring (bicyclic) bond motifs is 1. The topological polar surface area (TPSA) is 121 Å². The lowest BCUT2D eigenvalue weighted by Gasteiger charge is -2.32. The number of halogens is 4. The van der Waals surface area contributed by atoms with Gasteiger partial charge in [-0.3, -0.25) is 4.79 Å². The smallest absolute Gasteiger partial charge is 0.424 e. The summed E-state index contributed by atoms with van der Waals surface area (Å²) in [5.74, 6) is -0.636. The molecule has 1 amide bonds. The summed E-state index contributed by atoms with van der Waals surface area (Å²) in [5, 5.41) is 21.1. The van der Waals surface area contributed by atoms with Crippen LogP contribution in [0.4, 0.5) is 17.6 Å². The van der Waals surface area contributed by atoms with Gasteiger partial charge < -0.3 is 29.2 Å². The Morgan fingerprint density at radius 2 is 1.82 bits per heavy atom. The highest BCUT2D eigenvalue weighted by Gasteiger charge is 2.57. The lowest BCUT2D eigenvalue weighted by atomic mass is 9.88. The highest BCUT2D eigenvalue weighted by atomic mass is 19.4. The van der Waals surface area contributed by atoms with Crippen LogP contribution in [0.1, 0.15) is 41.4 Å². The molecule has 0 saturated heterocycles. The zero-order chi connectivity index (χ0) is 31.3. The monoisotopic (exact) mass is 613 g/mol.